The Kier molecular flexibility index (Phi) is 6.27. The van der Waals surface area contributed by atoms with Crippen molar-refractivity contribution in [1.82, 2.24) is 10.2 Å². The first kappa shape index (κ1) is 16.2. The number of hydrogen-bond donors (Lipinski definition) is 3. The monoisotopic (exact) mass is 284 g/mol. The van der Waals surface area contributed by atoms with Gasteiger partial charge in [-0.2, -0.15) is 0 Å². The highest BCUT2D eigenvalue weighted by Crippen LogP contribution is 2.34. The van der Waals surface area contributed by atoms with Gasteiger partial charge in [0.1, 0.15) is 0 Å². The number of aliphatic hydroxyl groups excluding tert-OH is 2. The van der Waals surface area contributed by atoms with E-state index in [1.54, 1.807) is 0 Å². The molecule has 1 saturated carbocycles. The molecule has 1 heterocycles. The summed E-state index contributed by atoms with van der Waals surface area (Å²) in [5.74, 6) is 1.23. The largest absolute Gasteiger partial charge is 0.396 e. The Balaban J connectivity index is 1.89. The topological polar surface area (TPSA) is 55.7 Å². The second kappa shape index (κ2) is 7.74. The summed E-state index contributed by atoms with van der Waals surface area (Å²) in [5.41, 5.74) is 0. The number of hydrogen-bond acceptors (Lipinski definition) is 4. The molecule has 4 unspecified atom stereocenters. The van der Waals surface area contributed by atoms with Crippen LogP contribution in [0.25, 0.3) is 0 Å². The summed E-state index contributed by atoms with van der Waals surface area (Å²) in [5, 5.41) is 22.4. The molecule has 4 nitrogen and oxygen atoms in total. The SMILES string of the molecule is CC(O)C1CC(NCCCO)CN(C(C)C2CCC2)C1. The lowest BCUT2D eigenvalue weighted by Gasteiger charge is -2.46. The van der Waals surface area contributed by atoms with E-state index in [9.17, 15) is 5.11 Å². The van der Waals surface area contributed by atoms with E-state index in [-0.39, 0.29) is 12.7 Å². The normalized spacial score (nSPS) is 31.8. The molecule has 1 saturated heterocycles. The van der Waals surface area contributed by atoms with Gasteiger partial charge in [-0.15, -0.1) is 0 Å². The second-order valence-electron chi connectivity index (χ2n) is 6.85. The van der Waals surface area contributed by atoms with Crippen molar-refractivity contribution >= 4 is 0 Å². The van der Waals surface area contributed by atoms with Gasteiger partial charge in [-0.05, 0) is 57.9 Å². The molecule has 20 heavy (non-hydrogen) atoms. The van der Waals surface area contributed by atoms with Gasteiger partial charge in [0.2, 0.25) is 0 Å². The summed E-state index contributed by atoms with van der Waals surface area (Å²) in [7, 11) is 0. The average molecular weight is 284 g/mol. The predicted octanol–water partition coefficient (Wildman–Crippen LogP) is 1.22. The van der Waals surface area contributed by atoms with Crippen LogP contribution in [-0.2, 0) is 0 Å². The number of aliphatic hydroxyl groups is 2. The van der Waals surface area contributed by atoms with Gasteiger partial charge in [-0.1, -0.05) is 6.42 Å². The van der Waals surface area contributed by atoms with Crippen molar-refractivity contribution in [1.29, 1.82) is 0 Å². The quantitative estimate of drug-likeness (QED) is 0.615. The van der Waals surface area contributed by atoms with Gasteiger partial charge >= 0.3 is 0 Å². The molecule has 0 aromatic heterocycles. The van der Waals surface area contributed by atoms with Crippen LogP contribution in [0.5, 0.6) is 0 Å². The molecule has 2 rings (SSSR count). The third-order valence-electron chi connectivity index (χ3n) is 5.37. The highest BCUT2D eigenvalue weighted by Gasteiger charge is 2.35. The Morgan fingerprint density at radius 3 is 2.50 bits per heavy atom. The molecule has 0 radical (unpaired) electrons. The van der Waals surface area contributed by atoms with E-state index >= 15 is 0 Å². The Hall–Kier alpha value is -0.160. The van der Waals surface area contributed by atoms with Crippen molar-refractivity contribution in [3.63, 3.8) is 0 Å². The summed E-state index contributed by atoms with van der Waals surface area (Å²) in [6.45, 7) is 7.53. The maximum atomic E-state index is 9.98. The maximum Gasteiger partial charge on any atom is 0.0553 e. The van der Waals surface area contributed by atoms with Gasteiger partial charge in [0.05, 0.1) is 6.10 Å². The average Bonchev–Trinajstić information content (AvgIpc) is 2.36. The number of rotatable bonds is 7. The highest BCUT2D eigenvalue weighted by molar-refractivity contribution is 4.91. The Morgan fingerprint density at radius 1 is 1.20 bits per heavy atom. The zero-order valence-electron chi connectivity index (χ0n) is 13.1. The number of nitrogens with zero attached hydrogens (tertiary/aromatic N) is 1. The number of nitrogens with one attached hydrogen (secondary N) is 1. The van der Waals surface area contributed by atoms with E-state index in [0.29, 0.717) is 18.0 Å². The predicted molar refractivity (Wildman–Crippen MR) is 81.7 cm³/mol. The van der Waals surface area contributed by atoms with Gasteiger partial charge in [0.15, 0.2) is 0 Å². The van der Waals surface area contributed by atoms with E-state index in [2.05, 4.69) is 17.1 Å². The maximum absolute atomic E-state index is 9.98. The van der Waals surface area contributed by atoms with Crippen molar-refractivity contribution in [2.45, 2.75) is 64.1 Å². The van der Waals surface area contributed by atoms with Crippen LogP contribution in [-0.4, -0.2) is 59.5 Å². The minimum absolute atomic E-state index is 0.228. The Morgan fingerprint density at radius 2 is 1.95 bits per heavy atom. The van der Waals surface area contributed by atoms with Crippen LogP contribution >= 0.6 is 0 Å². The first-order valence-electron chi connectivity index (χ1n) is 8.38. The van der Waals surface area contributed by atoms with E-state index < -0.39 is 0 Å². The minimum Gasteiger partial charge on any atom is -0.396 e. The van der Waals surface area contributed by atoms with Gasteiger partial charge in [0, 0.05) is 31.8 Å². The lowest BCUT2D eigenvalue weighted by molar-refractivity contribution is 0.00848. The minimum atomic E-state index is -0.228. The van der Waals surface area contributed by atoms with Crippen molar-refractivity contribution < 1.29 is 10.2 Å². The lowest BCUT2D eigenvalue weighted by atomic mass is 9.78. The smallest absolute Gasteiger partial charge is 0.0553 e. The molecule has 4 atom stereocenters. The highest BCUT2D eigenvalue weighted by atomic mass is 16.3. The van der Waals surface area contributed by atoms with Crippen LogP contribution < -0.4 is 5.32 Å². The molecule has 0 amide bonds. The van der Waals surface area contributed by atoms with Gasteiger partial charge in [0.25, 0.3) is 0 Å². The Bertz CT molecular complexity index is 282. The summed E-state index contributed by atoms with van der Waals surface area (Å²) in [6.07, 6.45) is 5.78. The van der Waals surface area contributed by atoms with E-state index in [0.717, 1.165) is 38.4 Å². The molecule has 4 heteroatoms. The molecule has 0 bridgehead atoms. The van der Waals surface area contributed by atoms with Gasteiger partial charge in [-0.25, -0.2) is 0 Å². The molecule has 118 valence electrons. The first-order valence-corrected chi connectivity index (χ1v) is 8.38. The fraction of sp³-hybridized carbons (Fsp3) is 1.00. The third-order valence-corrected chi connectivity index (χ3v) is 5.37. The summed E-state index contributed by atoms with van der Waals surface area (Å²) < 4.78 is 0. The fourth-order valence-corrected chi connectivity index (χ4v) is 3.61. The number of likely N-dealkylation sites (tertiary alicyclic amines) is 1. The molecule has 1 aliphatic heterocycles. The molecule has 3 N–H and O–H groups in total. The van der Waals surface area contributed by atoms with Crippen molar-refractivity contribution in [3.05, 3.63) is 0 Å². The molecule has 0 aromatic carbocycles. The van der Waals surface area contributed by atoms with E-state index in [1.807, 2.05) is 6.92 Å². The van der Waals surface area contributed by atoms with Crippen molar-refractivity contribution in [2.75, 3.05) is 26.2 Å². The summed E-state index contributed by atoms with van der Waals surface area (Å²) >= 11 is 0. The molecule has 2 aliphatic rings. The first-order chi connectivity index (χ1) is 9.61. The fourth-order valence-electron chi connectivity index (χ4n) is 3.61. The van der Waals surface area contributed by atoms with Gasteiger partial charge < -0.3 is 15.5 Å². The van der Waals surface area contributed by atoms with Crippen molar-refractivity contribution in [3.8, 4) is 0 Å². The zero-order valence-corrected chi connectivity index (χ0v) is 13.1. The second-order valence-corrected chi connectivity index (χ2v) is 6.85. The summed E-state index contributed by atoms with van der Waals surface area (Å²) in [4.78, 5) is 2.58. The molecule has 1 aliphatic carbocycles. The van der Waals surface area contributed by atoms with Crippen LogP contribution in [0.3, 0.4) is 0 Å². The Labute approximate surface area is 123 Å². The number of piperidine rings is 1. The zero-order chi connectivity index (χ0) is 14.5. The van der Waals surface area contributed by atoms with Crippen LogP contribution in [0.4, 0.5) is 0 Å². The van der Waals surface area contributed by atoms with Crippen molar-refractivity contribution in [2.24, 2.45) is 11.8 Å². The standard InChI is InChI=1S/C16H32N2O2/c1-12(14-5-3-6-14)18-10-15(13(2)20)9-16(11-18)17-7-4-8-19/h12-17,19-20H,3-11H2,1-2H3. The summed E-state index contributed by atoms with van der Waals surface area (Å²) in [6, 6.07) is 1.10. The molecular formula is C16H32N2O2. The van der Waals surface area contributed by atoms with E-state index in [1.165, 1.54) is 19.3 Å². The van der Waals surface area contributed by atoms with Crippen LogP contribution in [0, 0.1) is 11.8 Å². The van der Waals surface area contributed by atoms with Crippen LogP contribution in [0.15, 0.2) is 0 Å². The van der Waals surface area contributed by atoms with Crippen LogP contribution in [0.2, 0.25) is 0 Å². The van der Waals surface area contributed by atoms with Crippen LogP contribution in [0.1, 0.15) is 46.0 Å². The van der Waals surface area contributed by atoms with E-state index in [4.69, 9.17) is 5.11 Å². The molecule has 2 fully saturated rings. The molecule has 0 aromatic rings. The third kappa shape index (κ3) is 4.17. The lowest BCUT2D eigenvalue weighted by Crippen LogP contribution is -2.56. The molecule has 0 spiro atoms. The molecular weight excluding hydrogens is 252 g/mol. The van der Waals surface area contributed by atoms with Gasteiger partial charge in [-0.3, -0.25) is 4.90 Å².